The van der Waals surface area contributed by atoms with E-state index in [9.17, 15) is 4.79 Å². The molecule has 0 fully saturated rings. The summed E-state index contributed by atoms with van der Waals surface area (Å²) in [6.45, 7) is 6.15. The summed E-state index contributed by atoms with van der Waals surface area (Å²) >= 11 is 0. The van der Waals surface area contributed by atoms with Gasteiger partial charge in [-0.3, -0.25) is 4.79 Å². The SMILES string of the molecule is Cc1ccc(C)c(CCc2nc(C)n(C)c2C=O)c1. The monoisotopic (exact) mass is 256 g/mol. The minimum atomic E-state index is 0.697. The van der Waals surface area contributed by atoms with E-state index in [4.69, 9.17) is 0 Å². The fourth-order valence-corrected chi connectivity index (χ4v) is 2.35. The number of aryl methyl sites for hydroxylation is 5. The van der Waals surface area contributed by atoms with Gasteiger partial charge >= 0.3 is 0 Å². The summed E-state index contributed by atoms with van der Waals surface area (Å²) in [5.41, 5.74) is 5.50. The zero-order valence-electron chi connectivity index (χ0n) is 12.0. The van der Waals surface area contributed by atoms with Crippen LogP contribution < -0.4 is 0 Å². The molecule has 0 spiro atoms. The maximum Gasteiger partial charge on any atom is 0.168 e. The molecule has 3 heteroatoms. The summed E-state index contributed by atoms with van der Waals surface area (Å²) in [4.78, 5) is 15.6. The highest BCUT2D eigenvalue weighted by molar-refractivity contribution is 5.74. The second-order valence-electron chi connectivity index (χ2n) is 5.10. The maximum absolute atomic E-state index is 11.1. The van der Waals surface area contributed by atoms with Gasteiger partial charge in [0.1, 0.15) is 11.5 Å². The van der Waals surface area contributed by atoms with Crippen LogP contribution in [0.3, 0.4) is 0 Å². The van der Waals surface area contributed by atoms with Crippen molar-refractivity contribution < 1.29 is 4.79 Å². The van der Waals surface area contributed by atoms with Gasteiger partial charge in [0.2, 0.25) is 0 Å². The van der Waals surface area contributed by atoms with Gasteiger partial charge in [0.05, 0.1) is 5.69 Å². The van der Waals surface area contributed by atoms with Crippen molar-refractivity contribution in [2.75, 3.05) is 0 Å². The van der Waals surface area contributed by atoms with Crippen LogP contribution in [0.25, 0.3) is 0 Å². The summed E-state index contributed by atoms with van der Waals surface area (Å²) in [7, 11) is 1.88. The second-order valence-corrected chi connectivity index (χ2v) is 5.10. The lowest BCUT2D eigenvalue weighted by atomic mass is 10.0. The van der Waals surface area contributed by atoms with Gasteiger partial charge in [0.25, 0.3) is 0 Å². The summed E-state index contributed by atoms with van der Waals surface area (Å²) < 4.78 is 1.85. The minimum Gasteiger partial charge on any atom is -0.329 e. The molecule has 100 valence electrons. The number of carbonyl (C=O) groups is 1. The number of aldehydes is 1. The standard InChI is InChI=1S/C16H20N2O/c1-11-5-6-12(2)14(9-11)7-8-15-16(10-19)18(4)13(3)17-15/h5-6,9-10H,7-8H2,1-4H3. The molecule has 2 rings (SSSR count). The topological polar surface area (TPSA) is 34.9 Å². The number of rotatable bonds is 4. The lowest BCUT2D eigenvalue weighted by molar-refractivity contribution is 0.111. The van der Waals surface area contributed by atoms with E-state index in [0.29, 0.717) is 5.69 Å². The summed E-state index contributed by atoms with van der Waals surface area (Å²) in [5.74, 6) is 0.887. The van der Waals surface area contributed by atoms with E-state index in [1.165, 1.54) is 16.7 Å². The molecule has 2 aromatic rings. The highest BCUT2D eigenvalue weighted by Gasteiger charge is 2.11. The van der Waals surface area contributed by atoms with Gasteiger partial charge in [-0.05, 0) is 44.7 Å². The van der Waals surface area contributed by atoms with Crippen molar-refractivity contribution in [3.8, 4) is 0 Å². The third-order valence-corrected chi connectivity index (χ3v) is 3.69. The van der Waals surface area contributed by atoms with Crippen molar-refractivity contribution in [2.45, 2.75) is 33.6 Å². The molecule has 19 heavy (non-hydrogen) atoms. The van der Waals surface area contributed by atoms with E-state index in [-0.39, 0.29) is 0 Å². The molecule has 1 aromatic heterocycles. The summed E-state index contributed by atoms with van der Waals surface area (Å²) in [6, 6.07) is 6.49. The molecular formula is C16H20N2O. The summed E-state index contributed by atoms with van der Waals surface area (Å²) in [5, 5.41) is 0. The van der Waals surface area contributed by atoms with Crippen LogP contribution in [-0.4, -0.2) is 15.8 Å². The lowest BCUT2D eigenvalue weighted by Crippen LogP contribution is -2.01. The van der Waals surface area contributed by atoms with Crippen molar-refractivity contribution in [1.29, 1.82) is 0 Å². The predicted octanol–water partition coefficient (Wildman–Crippen LogP) is 2.94. The van der Waals surface area contributed by atoms with Crippen molar-refractivity contribution in [3.63, 3.8) is 0 Å². The molecule has 0 radical (unpaired) electrons. The van der Waals surface area contributed by atoms with Crippen LogP contribution in [0.15, 0.2) is 18.2 Å². The molecule has 0 aliphatic heterocycles. The number of imidazole rings is 1. The summed E-state index contributed by atoms with van der Waals surface area (Å²) in [6.07, 6.45) is 2.63. The number of benzene rings is 1. The molecule has 0 aliphatic rings. The van der Waals surface area contributed by atoms with Crippen LogP contribution in [0.2, 0.25) is 0 Å². The number of aromatic nitrogens is 2. The first-order valence-electron chi connectivity index (χ1n) is 6.56. The molecule has 1 aromatic carbocycles. The highest BCUT2D eigenvalue weighted by Crippen LogP contribution is 2.15. The first-order chi connectivity index (χ1) is 9.02. The van der Waals surface area contributed by atoms with Crippen LogP contribution in [0.5, 0.6) is 0 Å². The Kier molecular flexibility index (Phi) is 3.84. The molecule has 3 nitrogen and oxygen atoms in total. The zero-order chi connectivity index (χ0) is 14.0. The molecule has 0 N–H and O–H groups in total. The molecule has 1 heterocycles. The van der Waals surface area contributed by atoms with Gasteiger partial charge in [-0.1, -0.05) is 23.8 Å². The van der Waals surface area contributed by atoms with Crippen LogP contribution >= 0.6 is 0 Å². The Morgan fingerprint density at radius 2 is 1.95 bits per heavy atom. The van der Waals surface area contributed by atoms with Crippen molar-refractivity contribution in [1.82, 2.24) is 9.55 Å². The van der Waals surface area contributed by atoms with Crippen LogP contribution in [0, 0.1) is 20.8 Å². The van der Waals surface area contributed by atoms with E-state index >= 15 is 0 Å². The van der Waals surface area contributed by atoms with Crippen molar-refractivity contribution in [3.05, 3.63) is 52.1 Å². The van der Waals surface area contributed by atoms with Crippen LogP contribution in [0.1, 0.15) is 38.7 Å². The Labute approximate surface area is 114 Å². The largest absolute Gasteiger partial charge is 0.329 e. The van der Waals surface area contributed by atoms with Gasteiger partial charge in [-0.25, -0.2) is 4.98 Å². The van der Waals surface area contributed by atoms with Gasteiger partial charge in [0.15, 0.2) is 6.29 Å². The van der Waals surface area contributed by atoms with Crippen LogP contribution in [-0.2, 0) is 19.9 Å². The first-order valence-corrected chi connectivity index (χ1v) is 6.56. The molecule has 0 aliphatic carbocycles. The van der Waals surface area contributed by atoms with E-state index in [2.05, 4.69) is 37.0 Å². The smallest absolute Gasteiger partial charge is 0.168 e. The Balaban J connectivity index is 2.21. The average Bonchev–Trinajstić information content (AvgIpc) is 2.66. The van der Waals surface area contributed by atoms with Crippen molar-refractivity contribution >= 4 is 6.29 Å². The first kappa shape index (κ1) is 13.5. The molecule has 0 unspecified atom stereocenters. The Hall–Kier alpha value is -1.90. The van der Waals surface area contributed by atoms with Gasteiger partial charge in [-0.2, -0.15) is 0 Å². The molecular weight excluding hydrogens is 236 g/mol. The molecule has 0 amide bonds. The quantitative estimate of drug-likeness (QED) is 0.788. The Bertz CT molecular complexity index is 611. The van der Waals surface area contributed by atoms with Gasteiger partial charge in [0, 0.05) is 7.05 Å². The number of hydrogen-bond acceptors (Lipinski definition) is 2. The van der Waals surface area contributed by atoms with E-state index in [0.717, 1.165) is 30.6 Å². The molecule has 0 saturated heterocycles. The van der Waals surface area contributed by atoms with Crippen molar-refractivity contribution in [2.24, 2.45) is 7.05 Å². The Morgan fingerprint density at radius 1 is 1.21 bits per heavy atom. The van der Waals surface area contributed by atoms with Crippen LogP contribution in [0.4, 0.5) is 0 Å². The predicted molar refractivity (Wildman–Crippen MR) is 76.7 cm³/mol. The number of carbonyl (C=O) groups excluding carboxylic acids is 1. The lowest BCUT2D eigenvalue weighted by Gasteiger charge is -2.06. The number of nitrogens with zero attached hydrogens (tertiary/aromatic N) is 2. The maximum atomic E-state index is 11.1. The molecule has 0 saturated carbocycles. The van der Waals surface area contributed by atoms with E-state index < -0.39 is 0 Å². The third-order valence-electron chi connectivity index (χ3n) is 3.69. The van der Waals surface area contributed by atoms with Gasteiger partial charge in [-0.15, -0.1) is 0 Å². The minimum absolute atomic E-state index is 0.697. The second kappa shape index (κ2) is 5.39. The Morgan fingerprint density at radius 3 is 2.63 bits per heavy atom. The zero-order valence-corrected chi connectivity index (χ0v) is 12.0. The average molecular weight is 256 g/mol. The van der Waals surface area contributed by atoms with E-state index in [1.54, 1.807) is 0 Å². The molecule has 0 bridgehead atoms. The fourth-order valence-electron chi connectivity index (χ4n) is 2.35. The highest BCUT2D eigenvalue weighted by atomic mass is 16.1. The number of hydrogen-bond donors (Lipinski definition) is 0. The molecule has 0 atom stereocenters. The van der Waals surface area contributed by atoms with E-state index in [1.807, 2.05) is 18.5 Å². The van der Waals surface area contributed by atoms with Gasteiger partial charge < -0.3 is 4.57 Å². The normalized spacial score (nSPS) is 10.7. The fraction of sp³-hybridized carbons (Fsp3) is 0.375. The third kappa shape index (κ3) is 2.75.